The van der Waals surface area contributed by atoms with Crippen LogP contribution in [0.25, 0.3) is 0 Å². The van der Waals surface area contributed by atoms with E-state index in [1.54, 1.807) is 0 Å². The molecule has 0 aliphatic heterocycles. The van der Waals surface area contributed by atoms with Crippen LogP contribution in [0.1, 0.15) is 44.6 Å². The lowest BCUT2D eigenvalue weighted by Crippen LogP contribution is -2.38. The van der Waals surface area contributed by atoms with Gasteiger partial charge in [0.15, 0.2) is 0 Å². The first kappa shape index (κ1) is 13.6. The molecule has 1 N–H and O–H groups in total. The molecule has 0 atom stereocenters. The highest BCUT2D eigenvalue weighted by Crippen LogP contribution is 2.23. The van der Waals surface area contributed by atoms with Crippen LogP contribution in [0, 0.1) is 0 Å². The van der Waals surface area contributed by atoms with Crippen LogP contribution in [0.3, 0.4) is 0 Å². The molecule has 0 aromatic carbocycles. The first-order valence-corrected chi connectivity index (χ1v) is 7.19. The maximum Gasteiger partial charge on any atom is 0.0558 e. The summed E-state index contributed by atoms with van der Waals surface area (Å²) in [6.07, 6.45) is 10.7. The van der Waals surface area contributed by atoms with E-state index >= 15 is 0 Å². The van der Waals surface area contributed by atoms with Crippen molar-refractivity contribution in [3.63, 3.8) is 0 Å². The van der Waals surface area contributed by atoms with Crippen molar-refractivity contribution in [2.75, 3.05) is 13.2 Å². The average Bonchev–Trinajstić information content (AvgIpc) is 2.87. The number of aliphatic hydroxyl groups is 1. The number of rotatable bonds is 6. The van der Waals surface area contributed by atoms with Gasteiger partial charge in [-0.15, -0.1) is 0 Å². The molecular weight excluding hydrogens is 226 g/mol. The zero-order valence-corrected chi connectivity index (χ0v) is 11.4. The monoisotopic (exact) mass is 251 g/mol. The molecule has 4 nitrogen and oxygen atoms in total. The normalized spacial score (nSPS) is 17.5. The Hall–Kier alpha value is -0.870. The molecular formula is C14H25N3O. The zero-order valence-electron chi connectivity index (χ0n) is 11.4. The van der Waals surface area contributed by atoms with E-state index in [9.17, 15) is 5.11 Å². The van der Waals surface area contributed by atoms with Gasteiger partial charge in [0.05, 0.1) is 12.8 Å². The lowest BCUT2D eigenvalue weighted by molar-refractivity contribution is 0.117. The predicted molar refractivity (Wildman–Crippen MR) is 72.3 cm³/mol. The minimum absolute atomic E-state index is 0.248. The van der Waals surface area contributed by atoms with Crippen LogP contribution >= 0.6 is 0 Å². The summed E-state index contributed by atoms with van der Waals surface area (Å²) in [6.45, 7) is 4.97. The van der Waals surface area contributed by atoms with Gasteiger partial charge in [-0.3, -0.25) is 9.58 Å². The summed E-state index contributed by atoms with van der Waals surface area (Å²) in [5.41, 5.74) is 1.26. The van der Waals surface area contributed by atoms with E-state index in [2.05, 4.69) is 23.1 Å². The Morgan fingerprint density at radius 2 is 2.17 bits per heavy atom. The molecule has 1 saturated carbocycles. The van der Waals surface area contributed by atoms with Crippen LogP contribution in [0.5, 0.6) is 0 Å². The van der Waals surface area contributed by atoms with Crippen molar-refractivity contribution in [3.8, 4) is 0 Å². The number of aromatic nitrogens is 2. The Kier molecular flexibility index (Phi) is 5.20. The fraction of sp³-hybridized carbons (Fsp3) is 0.786. The lowest BCUT2D eigenvalue weighted by Gasteiger charge is -2.33. The second-order valence-corrected chi connectivity index (χ2v) is 5.19. The summed E-state index contributed by atoms with van der Waals surface area (Å²) in [4.78, 5) is 2.43. The van der Waals surface area contributed by atoms with Gasteiger partial charge >= 0.3 is 0 Å². The molecule has 1 heterocycles. The fourth-order valence-corrected chi connectivity index (χ4v) is 2.86. The van der Waals surface area contributed by atoms with E-state index in [-0.39, 0.29) is 6.61 Å². The van der Waals surface area contributed by atoms with Gasteiger partial charge in [0.25, 0.3) is 0 Å². The molecule has 0 radical (unpaired) electrons. The topological polar surface area (TPSA) is 41.3 Å². The summed E-state index contributed by atoms with van der Waals surface area (Å²) < 4.78 is 1.97. The average molecular weight is 251 g/mol. The smallest absolute Gasteiger partial charge is 0.0558 e. The quantitative estimate of drug-likeness (QED) is 0.841. The van der Waals surface area contributed by atoms with Gasteiger partial charge < -0.3 is 5.11 Å². The van der Waals surface area contributed by atoms with Crippen molar-refractivity contribution in [1.29, 1.82) is 0 Å². The summed E-state index contributed by atoms with van der Waals surface area (Å²) in [6, 6.07) is 0.649. The predicted octanol–water partition coefficient (Wildman–Crippen LogP) is 2.03. The van der Waals surface area contributed by atoms with Crippen molar-refractivity contribution < 1.29 is 5.11 Å². The Bertz CT molecular complexity index is 345. The van der Waals surface area contributed by atoms with E-state index in [0.29, 0.717) is 6.04 Å². The SMILES string of the molecule is CCn1cc(CN(CCO)C2CCCCC2)cn1. The van der Waals surface area contributed by atoms with Gasteiger partial charge in [0.2, 0.25) is 0 Å². The molecule has 0 spiro atoms. The number of hydrogen-bond acceptors (Lipinski definition) is 3. The summed E-state index contributed by atoms with van der Waals surface area (Å²) in [7, 11) is 0. The van der Waals surface area contributed by atoms with Crippen LogP contribution in [-0.4, -0.2) is 39.0 Å². The maximum atomic E-state index is 9.23. The molecule has 1 aliphatic rings. The van der Waals surface area contributed by atoms with E-state index in [1.807, 2.05) is 10.9 Å². The third-order valence-electron chi connectivity index (χ3n) is 3.87. The second-order valence-electron chi connectivity index (χ2n) is 5.19. The van der Waals surface area contributed by atoms with Gasteiger partial charge in [-0.25, -0.2) is 0 Å². The highest BCUT2D eigenvalue weighted by Gasteiger charge is 2.21. The minimum atomic E-state index is 0.248. The highest BCUT2D eigenvalue weighted by molar-refractivity contribution is 5.04. The molecule has 0 amide bonds. The van der Waals surface area contributed by atoms with Crippen molar-refractivity contribution in [1.82, 2.24) is 14.7 Å². The molecule has 1 aromatic rings. The first-order valence-electron chi connectivity index (χ1n) is 7.19. The van der Waals surface area contributed by atoms with E-state index in [4.69, 9.17) is 0 Å². The molecule has 0 saturated heterocycles. The fourth-order valence-electron chi connectivity index (χ4n) is 2.86. The molecule has 2 rings (SSSR count). The third-order valence-corrected chi connectivity index (χ3v) is 3.87. The number of aliphatic hydroxyl groups excluding tert-OH is 1. The van der Waals surface area contributed by atoms with E-state index in [0.717, 1.165) is 19.6 Å². The Morgan fingerprint density at radius 1 is 1.39 bits per heavy atom. The van der Waals surface area contributed by atoms with Gasteiger partial charge in [-0.05, 0) is 19.8 Å². The zero-order chi connectivity index (χ0) is 12.8. The molecule has 18 heavy (non-hydrogen) atoms. The molecule has 4 heteroatoms. The third kappa shape index (κ3) is 3.56. The molecule has 102 valence electrons. The van der Waals surface area contributed by atoms with Gasteiger partial charge in [-0.2, -0.15) is 5.10 Å². The van der Waals surface area contributed by atoms with Crippen LogP contribution in [0.15, 0.2) is 12.4 Å². The maximum absolute atomic E-state index is 9.23. The second kappa shape index (κ2) is 6.90. The summed E-state index contributed by atoms with van der Waals surface area (Å²) in [5.74, 6) is 0. The molecule has 0 bridgehead atoms. The number of aryl methyl sites for hydroxylation is 1. The molecule has 1 aliphatic carbocycles. The summed E-state index contributed by atoms with van der Waals surface area (Å²) in [5, 5.41) is 13.6. The van der Waals surface area contributed by atoms with Gasteiger partial charge in [-0.1, -0.05) is 19.3 Å². The Morgan fingerprint density at radius 3 is 2.78 bits per heavy atom. The number of hydrogen-bond donors (Lipinski definition) is 1. The lowest BCUT2D eigenvalue weighted by atomic mass is 9.94. The first-order chi connectivity index (χ1) is 8.83. The van der Waals surface area contributed by atoms with Crippen LogP contribution in [0.2, 0.25) is 0 Å². The van der Waals surface area contributed by atoms with Crippen LogP contribution in [-0.2, 0) is 13.1 Å². The standard InChI is InChI=1S/C14H25N3O/c1-2-17-12-13(10-15-17)11-16(8-9-18)14-6-4-3-5-7-14/h10,12,14,18H,2-9,11H2,1H3. The Balaban J connectivity index is 1.95. The van der Waals surface area contributed by atoms with Gasteiger partial charge in [0, 0.05) is 37.4 Å². The van der Waals surface area contributed by atoms with Crippen LogP contribution in [0.4, 0.5) is 0 Å². The minimum Gasteiger partial charge on any atom is -0.395 e. The summed E-state index contributed by atoms with van der Waals surface area (Å²) >= 11 is 0. The molecule has 1 aromatic heterocycles. The van der Waals surface area contributed by atoms with Crippen molar-refractivity contribution in [2.45, 2.75) is 58.2 Å². The molecule has 1 fully saturated rings. The van der Waals surface area contributed by atoms with Crippen molar-refractivity contribution >= 4 is 0 Å². The van der Waals surface area contributed by atoms with Crippen molar-refractivity contribution in [3.05, 3.63) is 18.0 Å². The van der Waals surface area contributed by atoms with Crippen molar-refractivity contribution in [2.24, 2.45) is 0 Å². The van der Waals surface area contributed by atoms with Crippen LogP contribution < -0.4 is 0 Å². The highest BCUT2D eigenvalue weighted by atomic mass is 16.3. The van der Waals surface area contributed by atoms with E-state index < -0.39 is 0 Å². The molecule has 0 unspecified atom stereocenters. The Labute approximate surface area is 110 Å². The number of nitrogens with zero attached hydrogens (tertiary/aromatic N) is 3. The van der Waals surface area contributed by atoms with Gasteiger partial charge in [0.1, 0.15) is 0 Å². The largest absolute Gasteiger partial charge is 0.395 e. The van der Waals surface area contributed by atoms with E-state index in [1.165, 1.54) is 37.7 Å².